The zero-order valence-corrected chi connectivity index (χ0v) is 10.6. The quantitative estimate of drug-likeness (QED) is 0.456. The Bertz CT molecular complexity index is 465. The third kappa shape index (κ3) is 3.27. The second kappa shape index (κ2) is 5.22. The van der Waals surface area contributed by atoms with E-state index in [0.717, 1.165) is 12.8 Å². The molecule has 1 aliphatic carbocycles. The number of rotatable bonds is 6. The van der Waals surface area contributed by atoms with Crippen LogP contribution in [0.4, 0.5) is 20.4 Å². The minimum atomic E-state index is -3.19. The van der Waals surface area contributed by atoms with Gasteiger partial charge in [-0.3, -0.25) is 0 Å². The summed E-state index contributed by atoms with van der Waals surface area (Å²) in [4.78, 5) is 8.50. The van der Waals surface area contributed by atoms with Crippen molar-refractivity contribution in [1.29, 1.82) is 0 Å². The van der Waals surface area contributed by atoms with Crippen molar-refractivity contribution < 1.29 is 13.9 Å². The number of anilines is 2. The third-order valence-electron chi connectivity index (χ3n) is 2.99. The van der Waals surface area contributed by atoms with Gasteiger partial charge in [-0.25, -0.2) is 24.6 Å². The van der Waals surface area contributed by atoms with Crippen molar-refractivity contribution in [1.82, 2.24) is 9.97 Å². The molecular formula is C11H17F2N5O. The van der Waals surface area contributed by atoms with Crippen LogP contribution in [0.2, 0.25) is 0 Å². The van der Waals surface area contributed by atoms with E-state index in [0.29, 0.717) is 23.0 Å². The van der Waals surface area contributed by atoms with Gasteiger partial charge in [-0.15, -0.1) is 0 Å². The molecule has 5 N–H and O–H groups in total. The Kier molecular flexibility index (Phi) is 3.81. The summed E-state index contributed by atoms with van der Waals surface area (Å²) in [7, 11) is 0. The Labute approximate surface area is 109 Å². The number of nitrogen functional groups attached to an aromatic ring is 1. The van der Waals surface area contributed by atoms with Gasteiger partial charge in [-0.2, -0.15) is 0 Å². The van der Waals surface area contributed by atoms with Gasteiger partial charge < -0.3 is 15.8 Å². The number of halogens is 2. The molecule has 6 nitrogen and oxygen atoms in total. The Hall–Kier alpha value is -1.54. The molecule has 0 spiro atoms. The minimum absolute atomic E-state index is 0.284. The van der Waals surface area contributed by atoms with Crippen LogP contribution < -0.4 is 16.6 Å². The average molecular weight is 273 g/mol. The van der Waals surface area contributed by atoms with E-state index in [4.69, 9.17) is 10.9 Å². The average Bonchev–Trinajstić information content (AvgIpc) is 3.22. The molecule has 1 fully saturated rings. The van der Waals surface area contributed by atoms with Crippen LogP contribution in [0, 0.1) is 6.92 Å². The molecule has 1 aliphatic rings. The zero-order chi connectivity index (χ0) is 14.0. The SMILES string of the molecule is Cc1c(NN)nc(C2CC2)nc1NCC(F)(F)CO. The lowest BCUT2D eigenvalue weighted by Crippen LogP contribution is -2.31. The van der Waals surface area contributed by atoms with E-state index in [1.165, 1.54) is 0 Å². The summed E-state index contributed by atoms with van der Waals surface area (Å²) < 4.78 is 26.1. The van der Waals surface area contributed by atoms with Gasteiger partial charge in [0.05, 0.1) is 6.54 Å². The minimum Gasteiger partial charge on any atom is -0.390 e. The van der Waals surface area contributed by atoms with E-state index in [-0.39, 0.29) is 5.92 Å². The molecule has 1 heterocycles. The van der Waals surface area contributed by atoms with Gasteiger partial charge in [-0.05, 0) is 19.8 Å². The molecule has 1 aromatic rings. The van der Waals surface area contributed by atoms with E-state index in [2.05, 4.69) is 20.7 Å². The van der Waals surface area contributed by atoms with Crippen LogP contribution in [0.25, 0.3) is 0 Å². The largest absolute Gasteiger partial charge is 0.390 e. The summed E-state index contributed by atoms with van der Waals surface area (Å²) in [6, 6.07) is 0. The van der Waals surface area contributed by atoms with Gasteiger partial charge in [0, 0.05) is 11.5 Å². The maximum absolute atomic E-state index is 13.0. The van der Waals surface area contributed by atoms with E-state index in [1.54, 1.807) is 6.92 Å². The molecule has 0 radical (unpaired) electrons. The van der Waals surface area contributed by atoms with Gasteiger partial charge in [0.25, 0.3) is 5.92 Å². The fourth-order valence-electron chi connectivity index (χ4n) is 1.64. The molecule has 8 heteroatoms. The van der Waals surface area contributed by atoms with Crippen LogP contribution in [0.3, 0.4) is 0 Å². The van der Waals surface area contributed by atoms with Crippen molar-refractivity contribution in [2.45, 2.75) is 31.6 Å². The lowest BCUT2D eigenvalue weighted by atomic mass is 10.2. The highest BCUT2D eigenvalue weighted by Gasteiger charge is 2.30. The lowest BCUT2D eigenvalue weighted by molar-refractivity contribution is -0.0373. The number of aromatic nitrogens is 2. The van der Waals surface area contributed by atoms with Gasteiger partial charge >= 0.3 is 0 Å². The Balaban J connectivity index is 2.20. The van der Waals surface area contributed by atoms with Crippen LogP contribution >= 0.6 is 0 Å². The van der Waals surface area contributed by atoms with Crippen molar-refractivity contribution in [3.8, 4) is 0 Å². The number of aliphatic hydroxyl groups is 1. The van der Waals surface area contributed by atoms with Crippen molar-refractivity contribution >= 4 is 11.6 Å². The summed E-state index contributed by atoms with van der Waals surface area (Å²) in [5.41, 5.74) is 3.01. The monoisotopic (exact) mass is 273 g/mol. The van der Waals surface area contributed by atoms with Crippen LogP contribution in [0.1, 0.15) is 30.1 Å². The first-order chi connectivity index (χ1) is 8.96. The number of aliphatic hydroxyl groups excluding tert-OH is 1. The normalized spacial score (nSPS) is 15.4. The third-order valence-corrected chi connectivity index (χ3v) is 2.99. The summed E-state index contributed by atoms with van der Waals surface area (Å²) in [5.74, 6) is 3.80. The summed E-state index contributed by atoms with van der Waals surface area (Å²) >= 11 is 0. The first-order valence-corrected chi connectivity index (χ1v) is 6.04. The summed E-state index contributed by atoms with van der Waals surface area (Å²) in [6.07, 6.45) is 2.00. The second-order valence-corrected chi connectivity index (χ2v) is 4.69. The predicted octanol–water partition coefficient (Wildman–Crippen LogP) is 0.988. The van der Waals surface area contributed by atoms with Crippen LogP contribution in [-0.2, 0) is 0 Å². The Morgan fingerprint density at radius 2 is 2.00 bits per heavy atom. The summed E-state index contributed by atoms with van der Waals surface area (Å²) in [5, 5.41) is 11.1. The van der Waals surface area contributed by atoms with E-state index in [9.17, 15) is 8.78 Å². The smallest absolute Gasteiger partial charge is 0.287 e. The van der Waals surface area contributed by atoms with Crippen LogP contribution in [-0.4, -0.2) is 34.1 Å². The van der Waals surface area contributed by atoms with Crippen molar-refractivity contribution in [2.75, 3.05) is 23.9 Å². The number of alkyl halides is 2. The fourth-order valence-corrected chi connectivity index (χ4v) is 1.64. The standard InChI is InChI=1S/C11H17F2N5O/c1-6-8(15-4-11(12,13)5-19)16-10(7-2-3-7)17-9(6)18-14/h7,19H,2-5,14H2,1H3,(H2,15,16,17,18). The number of hydrogen-bond donors (Lipinski definition) is 4. The molecule has 0 amide bonds. The Morgan fingerprint density at radius 3 is 2.53 bits per heavy atom. The molecule has 0 atom stereocenters. The van der Waals surface area contributed by atoms with Gasteiger partial charge in [0.2, 0.25) is 0 Å². The van der Waals surface area contributed by atoms with Gasteiger partial charge in [0.1, 0.15) is 24.1 Å². The van der Waals surface area contributed by atoms with E-state index < -0.39 is 19.1 Å². The molecule has 2 rings (SSSR count). The molecule has 106 valence electrons. The molecule has 0 bridgehead atoms. The van der Waals surface area contributed by atoms with Crippen molar-refractivity contribution in [3.05, 3.63) is 11.4 Å². The highest BCUT2D eigenvalue weighted by atomic mass is 19.3. The highest BCUT2D eigenvalue weighted by molar-refractivity contribution is 5.57. The van der Waals surface area contributed by atoms with Crippen molar-refractivity contribution in [2.24, 2.45) is 5.84 Å². The molecule has 1 saturated carbocycles. The molecular weight excluding hydrogens is 256 g/mol. The number of hydrogen-bond acceptors (Lipinski definition) is 6. The van der Waals surface area contributed by atoms with Crippen LogP contribution in [0.15, 0.2) is 0 Å². The second-order valence-electron chi connectivity index (χ2n) is 4.69. The first-order valence-electron chi connectivity index (χ1n) is 6.04. The molecule has 0 unspecified atom stereocenters. The maximum Gasteiger partial charge on any atom is 0.287 e. The molecule has 1 aromatic heterocycles. The molecule has 19 heavy (non-hydrogen) atoms. The van der Waals surface area contributed by atoms with Crippen LogP contribution in [0.5, 0.6) is 0 Å². The number of hydrazine groups is 1. The maximum atomic E-state index is 13.0. The van der Waals surface area contributed by atoms with E-state index >= 15 is 0 Å². The zero-order valence-electron chi connectivity index (χ0n) is 10.6. The number of nitrogens with zero attached hydrogens (tertiary/aromatic N) is 2. The lowest BCUT2D eigenvalue weighted by Gasteiger charge is -2.17. The molecule has 0 aromatic carbocycles. The van der Waals surface area contributed by atoms with E-state index in [1.807, 2.05) is 0 Å². The van der Waals surface area contributed by atoms with Gasteiger partial charge in [0.15, 0.2) is 0 Å². The molecule has 0 aliphatic heterocycles. The number of nitrogens with one attached hydrogen (secondary N) is 2. The highest BCUT2D eigenvalue weighted by Crippen LogP contribution is 2.39. The van der Waals surface area contributed by atoms with Gasteiger partial charge in [-0.1, -0.05) is 0 Å². The van der Waals surface area contributed by atoms with Crippen molar-refractivity contribution in [3.63, 3.8) is 0 Å². The Morgan fingerprint density at radius 1 is 1.37 bits per heavy atom. The number of nitrogens with two attached hydrogens (primary N) is 1. The summed E-state index contributed by atoms with van der Waals surface area (Å²) in [6.45, 7) is -0.206. The fraction of sp³-hybridized carbons (Fsp3) is 0.636. The molecule has 0 saturated heterocycles. The first kappa shape index (κ1) is 13.9. The predicted molar refractivity (Wildman–Crippen MR) is 67.1 cm³/mol. The topological polar surface area (TPSA) is 96.1 Å².